The molecule has 162 valence electrons. The highest BCUT2D eigenvalue weighted by atomic mass is 32.2. The van der Waals surface area contributed by atoms with E-state index in [1.54, 1.807) is 30.6 Å². The third-order valence-corrected chi connectivity index (χ3v) is 6.03. The van der Waals surface area contributed by atoms with E-state index in [1.807, 2.05) is 13.8 Å². The Balaban J connectivity index is 0.00000392. The number of thioether (sulfide) groups is 1. The first-order valence-corrected chi connectivity index (χ1v) is 9.99. The SMILES string of the molecule is C.CC(C)(C)OC(=O)NC1C(=O)N2C1SC(C)(C)[C@@H]2C(=O)N(CCN)CCN. The van der Waals surface area contributed by atoms with Crippen molar-refractivity contribution < 1.29 is 19.1 Å². The first-order chi connectivity index (χ1) is 12.4. The van der Waals surface area contributed by atoms with Crippen molar-refractivity contribution in [3.63, 3.8) is 0 Å². The number of nitrogens with zero attached hydrogens (tertiary/aromatic N) is 2. The molecule has 0 spiro atoms. The number of hydrogen-bond donors (Lipinski definition) is 3. The average Bonchev–Trinajstić information content (AvgIpc) is 2.78. The summed E-state index contributed by atoms with van der Waals surface area (Å²) in [5.74, 6) is -0.433. The molecule has 28 heavy (non-hydrogen) atoms. The summed E-state index contributed by atoms with van der Waals surface area (Å²) in [5.41, 5.74) is 10.6. The van der Waals surface area contributed by atoms with E-state index in [4.69, 9.17) is 16.2 Å². The van der Waals surface area contributed by atoms with Crippen LogP contribution in [-0.2, 0) is 14.3 Å². The first kappa shape index (κ1) is 24.5. The number of carbonyl (C=O) groups excluding carboxylic acids is 3. The zero-order valence-electron chi connectivity index (χ0n) is 16.7. The van der Waals surface area contributed by atoms with Crippen LogP contribution in [0.4, 0.5) is 4.79 Å². The fraction of sp³-hybridized carbons (Fsp3) is 0.833. The van der Waals surface area contributed by atoms with Gasteiger partial charge in [0.15, 0.2) is 0 Å². The molecule has 2 rings (SSSR count). The summed E-state index contributed by atoms with van der Waals surface area (Å²) in [6.45, 7) is 10.6. The predicted octanol–water partition coefficient (Wildman–Crippen LogP) is 0.324. The van der Waals surface area contributed by atoms with Crippen LogP contribution in [0.1, 0.15) is 42.0 Å². The first-order valence-electron chi connectivity index (χ1n) is 9.11. The van der Waals surface area contributed by atoms with Crippen molar-refractivity contribution in [3.8, 4) is 0 Å². The van der Waals surface area contributed by atoms with Gasteiger partial charge in [0, 0.05) is 30.9 Å². The molecule has 3 atom stereocenters. The molecule has 2 fully saturated rings. The van der Waals surface area contributed by atoms with Crippen molar-refractivity contribution in [1.29, 1.82) is 0 Å². The second-order valence-electron chi connectivity index (χ2n) is 8.29. The largest absolute Gasteiger partial charge is 0.444 e. The molecule has 10 heteroatoms. The number of amides is 3. The van der Waals surface area contributed by atoms with Crippen LogP contribution < -0.4 is 16.8 Å². The zero-order chi connectivity index (χ0) is 20.6. The molecule has 5 N–H and O–H groups in total. The van der Waals surface area contributed by atoms with E-state index >= 15 is 0 Å². The Hall–Kier alpha value is -1.52. The Labute approximate surface area is 171 Å². The third-order valence-electron chi connectivity index (χ3n) is 4.46. The summed E-state index contributed by atoms with van der Waals surface area (Å²) >= 11 is 1.50. The van der Waals surface area contributed by atoms with Crippen LogP contribution in [0.2, 0.25) is 0 Å². The molecular formula is C18H35N5O4S. The lowest BCUT2D eigenvalue weighted by atomic mass is 9.94. The molecule has 0 bridgehead atoms. The molecule has 0 radical (unpaired) electrons. The van der Waals surface area contributed by atoms with Crippen LogP contribution in [-0.4, -0.2) is 81.7 Å². The molecule has 2 heterocycles. The zero-order valence-corrected chi connectivity index (χ0v) is 17.5. The number of nitrogens with one attached hydrogen (secondary N) is 1. The number of β-lactam (4-membered cyclic amide) rings is 1. The number of fused-ring (bicyclic) bond motifs is 1. The molecule has 2 aliphatic rings. The number of rotatable bonds is 6. The maximum atomic E-state index is 13.1. The molecule has 0 aliphatic carbocycles. The van der Waals surface area contributed by atoms with E-state index in [0.29, 0.717) is 26.2 Å². The molecule has 0 saturated carbocycles. The van der Waals surface area contributed by atoms with Crippen LogP contribution >= 0.6 is 11.8 Å². The molecule has 2 unspecified atom stereocenters. The minimum atomic E-state index is -0.695. The van der Waals surface area contributed by atoms with Crippen molar-refractivity contribution in [2.75, 3.05) is 26.2 Å². The quantitative estimate of drug-likeness (QED) is 0.531. The molecular weight excluding hydrogens is 382 g/mol. The summed E-state index contributed by atoms with van der Waals surface area (Å²) in [4.78, 5) is 41.0. The molecule has 9 nitrogen and oxygen atoms in total. The topological polar surface area (TPSA) is 131 Å². The summed E-state index contributed by atoms with van der Waals surface area (Å²) in [6, 6.07) is -1.31. The summed E-state index contributed by atoms with van der Waals surface area (Å²) < 4.78 is 4.74. The van der Waals surface area contributed by atoms with Crippen LogP contribution in [0.3, 0.4) is 0 Å². The van der Waals surface area contributed by atoms with Gasteiger partial charge in [-0.2, -0.15) is 0 Å². The fourth-order valence-electron chi connectivity index (χ4n) is 3.40. The molecule has 2 aliphatic heterocycles. The van der Waals surface area contributed by atoms with Crippen LogP contribution in [0.15, 0.2) is 0 Å². The lowest BCUT2D eigenvalue weighted by Gasteiger charge is -2.45. The number of nitrogens with two attached hydrogens (primary N) is 2. The van der Waals surface area contributed by atoms with Crippen molar-refractivity contribution in [2.24, 2.45) is 11.5 Å². The molecule has 0 aromatic carbocycles. The Morgan fingerprint density at radius 2 is 1.79 bits per heavy atom. The number of carbonyl (C=O) groups is 3. The van der Waals surface area contributed by atoms with Crippen LogP contribution in [0, 0.1) is 0 Å². The highest BCUT2D eigenvalue weighted by Gasteiger charge is 2.64. The number of hydrogen-bond acceptors (Lipinski definition) is 7. The van der Waals surface area contributed by atoms with Crippen LogP contribution in [0.5, 0.6) is 0 Å². The smallest absolute Gasteiger partial charge is 0.408 e. The van der Waals surface area contributed by atoms with Gasteiger partial charge in [-0.3, -0.25) is 9.59 Å². The second-order valence-corrected chi connectivity index (χ2v) is 10.1. The van der Waals surface area contributed by atoms with E-state index in [2.05, 4.69) is 5.32 Å². The Kier molecular flexibility index (Phi) is 7.77. The number of ether oxygens (including phenoxy) is 1. The molecule has 2 saturated heterocycles. The van der Waals surface area contributed by atoms with Crippen molar-refractivity contribution in [1.82, 2.24) is 15.1 Å². The van der Waals surface area contributed by atoms with E-state index < -0.39 is 28.5 Å². The van der Waals surface area contributed by atoms with E-state index in [9.17, 15) is 14.4 Å². The van der Waals surface area contributed by atoms with Gasteiger partial charge in [-0.05, 0) is 34.6 Å². The van der Waals surface area contributed by atoms with Crippen LogP contribution in [0.25, 0.3) is 0 Å². The van der Waals surface area contributed by atoms with Gasteiger partial charge in [0.25, 0.3) is 0 Å². The van der Waals surface area contributed by atoms with Gasteiger partial charge in [-0.1, -0.05) is 7.43 Å². The second kappa shape index (κ2) is 8.87. The van der Waals surface area contributed by atoms with Gasteiger partial charge in [-0.25, -0.2) is 4.79 Å². The van der Waals surface area contributed by atoms with E-state index in [1.165, 1.54) is 11.8 Å². The van der Waals surface area contributed by atoms with Gasteiger partial charge >= 0.3 is 6.09 Å². The maximum absolute atomic E-state index is 13.1. The third kappa shape index (κ3) is 4.90. The lowest BCUT2D eigenvalue weighted by molar-refractivity contribution is -0.157. The Morgan fingerprint density at radius 1 is 1.25 bits per heavy atom. The highest BCUT2D eigenvalue weighted by molar-refractivity contribution is 8.01. The Bertz CT molecular complexity index is 601. The van der Waals surface area contributed by atoms with Crippen molar-refractivity contribution in [3.05, 3.63) is 0 Å². The summed E-state index contributed by atoms with van der Waals surface area (Å²) in [6.07, 6.45) is -0.637. The Morgan fingerprint density at radius 3 is 2.25 bits per heavy atom. The molecule has 0 aromatic rings. The summed E-state index contributed by atoms with van der Waals surface area (Å²) in [5, 5.41) is 2.33. The standard InChI is InChI=1S/C17H31N5O4S.CH4/c1-16(2,3)26-15(25)20-10-12(23)22-11(17(4,5)27-14(10)22)13(24)21(8-6-18)9-7-19;/h10-11,14H,6-9,18-19H2,1-5H3,(H,20,25);1H4/t10?,11-,14?;/m0./s1. The van der Waals surface area contributed by atoms with Crippen molar-refractivity contribution >= 4 is 29.7 Å². The minimum absolute atomic E-state index is 0. The molecule has 3 amide bonds. The fourth-order valence-corrected chi connectivity index (χ4v) is 5.02. The van der Waals surface area contributed by atoms with Gasteiger partial charge < -0.3 is 31.3 Å². The predicted molar refractivity (Wildman–Crippen MR) is 111 cm³/mol. The monoisotopic (exact) mass is 417 g/mol. The number of alkyl carbamates (subject to hydrolysis) is 1. The normalized spacial score (nSPS) is 25.3. The van der Waals surface area contributed by atoms with Gasteiger partial charge in [0.2, 0.25) is 11.8 Å². The average molecular weight is 418 g/mol. The maximum Gasteiger partial charge on any atom is 0.408 e. The van der Waals surface area contributed by atoms with E-state index in [0.717, 1.165) is 0 Å². The summed E-state index contributed by atoms with van der Waals surface area (Å²) in [7, 11) is 0. The minimum Gasteiger partial charge on any atom is -0.444 e. The highest BCUT2D eigenvalue weighted by Crippen LogP contribution is 2.51. The van der Waals surface area contributed by atoms with Gasteiger partial charge in [-0.15, -0.1) is 11.8 Å². The molecule has 0 aromatic heterocycles. The van der Waals surface area contributed by atoms with E-state index in [-0.39, 0.29) is 24.6 Å². The van der Waals surface area contributed by atoms with Gasteiger partial charge in [0.1, 0.15) is 23.1 Å². The van der Waals surface area contributed by atoms with Crippen molar-refractivity contribution in [2.45, 2.75) is 69.9 Å². The lowest BCUT2D eigenvalue weighted by Crippen LogP contribution is -2.71. The van der Waals surface area contributed by atoms with Gasteiger partial charge in [0.05, 0.1) is 0 Å².